The summed E-state index contributed by atoms with van der Waals surface area (Å²) in [6, 6.07) is 19.3. The number of nitrogens with one attached hydrogen (secondary N) is 1. The van der Waals surface area contributed by atoms with Crippen LogP contribution in [0.25, 0.3) is 21.6 Å². The van der Waals surface area contributed by atoms with Gasteiger partial charge in [0.05, 0.1) is 22.1 Å². The molecular formula is C28H26FNO3S2. The number of benzene rings is 2. The fourth-order valence-corrected chi connectivity index (χ4v) is 6.06. The van der Waals surface area contributed by atoms with Crippen molar-refractivity contribution in [1.29, 1.82) is 0 Å². The maximum Gasteiger partial charge on any atom is 0.314 e. The van der Waals surface area contributed by atoms with Crippen LogP contribution in [0.1, 0.15) is 41.9 Å². The fraction of sp³-hybridized carbons (Fsp3) is 0.250. The molecule has 1 fully saturated rings. The van der Waals surface area contributed by atoms with Crippen molar-refractivity contribution in [1.82, 2.24) is 0 Å². The van der Waals surface area contributed by atoms with E-state index in [1.807, 2.05) is 55.5 Å². The van der Waals surface area contributed by atoms with Gasteiger partial charge >= 0.3 is 5.97 Å². The molecule has 2 N–H and O–H groups in total. The van der Waals surface area contributed by atoms with Crippen molar-refractivity contribution < 1.29 is 19.0 Å². The van der Waals surface area contributed by atoms with Gasteiger partial charge in [0.15, 0.2) is 5.13 Å². The molecule has 0 bridgehead atoms. The van der Waals surface area contributed by atoms with Crippen LogP contribution in [-0.2, 0) is 14.9 Å². The van der Waals surface area contributed by atoms with Crippen molar-refractivity contribution in [2.45, 2.75) is 38.2 Å². The second-order valence-electron chi connectivity index (χ2n) is 8.90. The van der Waals surface area contributed by atoms with Gasteiger partial charge in [0.25, 0.3) is 0 Å². The first kappa shape index (κ1) is 23.7. The van der Waals surface area contributed by atoms with Crippen LogP contribution in [0, 0.1) is 12.1 Å². The molecule has 2 heterocycles. The van der Waals surface area contributed by atoms with Gasteiger partial charge in [-0.2, -0.15) is 4.39 Å². The highest BCUT2D eigenvalue weighted by atomic mass is 32.1. The van der Waals surface area contributed by atoms with Crippen molar-refractivity contribution >= 4 is 34.3 Å². The number of anilines is 1. The summed E-state index contributed by atoms with van der Waals surface area (Å²) >= 11 is 2.80. The number of hydrogen-bond donors (Lipinski definition) is 2. The number of carbonyl (C=O) groups is 1. The first-order valence-corrected chi connectivity index (χ1v) is 13.2. The average Bonchev–Trinajstić information content (AvgIpc) is 3.44. The van der Waals surface area contributed by atoms with Crippen LogP contribution in [0.3, 0.4) is 0 Å². The monoisotopic (exact) mass is 507 g/mol. The van der Waals surface area contributed by atoms with E-state index in [4.69, 9.17) is 4.74 Å². The van der Waals surface area contributed by atoms with Crippen molar-refractivity contribution in [3.05, 3.63) is 87.2 Å². The molecule has 35 heavy (non-hydrogen) atoms. The lowest BCUT2D eigenvalue weighted by atomic mass is 9.93. The highest BCUT2D eigenvalue weighted by molar-refractivity contribution is 7.14. The Labute approximate surface area is 212 Å². The van der Waals surface area contributed by atoms with E-state index < -0.39 is 11.4 Å². The van der Waals surface area contributed by atoms with Crippen LogP contribution in [0.15, 0.2) is 66.0 Å². The molecule has 2 aromatic heterocycles. The third-order valence-corrected chi connectivity index (χ3v) is 8.55. The number of rotatable bonds is 9. The lowest BCUT2D eigenvalue weighted by Gasteiger charge is -2.15. The topological polar surface area (TPSA) is 58.6 Å². The minimum Gasteiger partial charge on any atom is -0.481 e. The Morgan fingerprint density at radius 1 is 1.09 bits per heavy atom. The number of hydrogen-bond acceptors (Lipinski definition) is 5. The van der Waals surface area contributed by atoms with Gasteiger partial charge in [-0.25, -0.2) is 0 Å². The van der Waals surface area contributed by atoms with Gasteiger partial charge in [-0.05, 0) is 66.0 Å². The zero-order valence-electron chi connectivity index (χ0n) is 19.5. The van der Waals surface area contributed by atoms with Gasteiger partial charge in [0, 0.05) is 10.9 Å². The summed E-state index contributed by atoms with van der Waals surface area (Å²) < 4.78 is 20.1. The molecule has 1 atom stereocenters. The average molecular weight is 508 g/mol. The van der Waals surface area contributed by atoms with E-state index in [-0.39, 0.29) is 18.0 Å². The van der Waals surface area contributed by atoms with Crippen molar-refractivity contribution in [2.24, 2.45) is 0 Å². The molecule has 0 aliphatic heterocycles. The first-order chi connectivity index (χ1) is 16.9. The summed E-state index contributed by atoms with van der Waals surface area (Å²) in [7, 11) is 0. The summed E-state index contributed by atoms with van der Waals surface area (Å²) in [6.45, 7) is 4.38. The van der Waals surface area contributed by atoms with E-state index in [0.717, 1.165) is 38.5 Å². The molecule has 0 radical (unpaired) electrons. The lowest BCUT2D eigenvalue weighted by molar-refractivity contribution is -0.140. The van der Waals surface area contributed by atoms with Gasteiger partial charge in [-0.1, -0.05) is 48.5 Å². The Hall–Kier alpha value is -3.00. The zero-order valence-corrected chi connectivity index (χ0v) is 21.1. The normalized spacial score (nSPS) is 15.1. The summed E-state index contributed by atoms with van der Waals surface area (Å²) in [5.74, 6) is -0.747. The quantitative estimate of drug-likeness (QED) is 0.227. The molecule has 4 aromatic rings. The van der Waals surface area contributed by atoms with Gasteiger partial charge in [0.2, 0.25) is 0 Å². The summed E-state index contributed by atoms with van der Waals surface area (Å²) in [4.78, 5) is 13.6. The predicted molar refractivity (Wildman–Crippen MR) is 141 cm³/mol. The molecule has 0 spiro atoms. The summed E-state index contributed by atoms with van der Waals surface area (Å²) in [6.07, 6.45) is 1.35. The van der Waals surface area contributed by atoms with Gasteiger partial charge in [0.1, 0.15) is 6.73 Å². The van der Waals surface area contributed by atoms with Crippen LogP contribution >= 0.6 is 22.7 Å². The van der Waals surface area contributed by atoms with Gasteiger partial charge in [-0.3, -0.25) is 4.79 Å². The van der Waals surface area contributed by atoms with E-state index in [9.17, 15) is 14.3 Å². The second kappa shape index (κ2) is 9.57. The molecule has 0 amide bonds. The Kier molecular flexibility index (Phi) is 6.49. The molecule has 0 saturated heterocycles. The van der Waals surface area contributed by atoms with Crippen LogP contribution in [0.5, 0.6) is 0 Å². The Bertz CT molecular complexity index is 1340. The SMILES string of the molecule is Cc1sccc1C(C)OCNc1cc(F)sc1-c1ccc(-c2ccc(C3(C(=O)O)CC3)cc2)cc1. The molecule has 7 heteroatoms. The highest BCUT2D eigenvalue weighted by Crippen LogP contribution is 2.48. The summed E-state index contributed by atoms with van der Waals surface area (Å²) in [5.41, 5.74) is 5.01. The standard InChI is InChI=1S/C28H26FNO3S2/c1-17(23-11-14-34-18(23)2)33-16-30-24-15-25(29)35-26(24)21-5-3-19(4-6-21)20-7-9-22(10-8-20)28(12-13-28)27(31)32/h3-11,14-15,17,30H,12-13,16H2,1-2H3,(H,31,32). The lowest BCUT2D eigenvalue weighted by Crippen LogP contribution is -2.19. The van der Waals surface area contributed by atoms with E-state index in [2.05, 4.69) is 23.7 Å². The van der Waals surface area contributed by atoms with Crippen LogP contribution < -0.4 is 5.32 Å². The van der Waals surface area contributed by atoms with Crippen molar-refractivity contribution in [3.8, 4) is 21.6 Å². The third-order valence-electron chi connectivity index (χ3n) is 6.71. The zero-order chi connectivity index (χ0) is 24.6. The van der Waals surface area contributed by atoms with Crippen molar-refractivity contribution in [2.75, 3.05) is 12.0 Å². The van der Waals surface area contributed by atoms with Crippen LogP contribution in [0.4, 0.5) is 10.1 Å². The number of ether oxygens (including phenoxy) is 1. The molecule has 1 aliphatic carbocycles. The highest BCUT2D eigenvalue weighted by Gasteiger charge is 2.51. The molecule has 1 aliphatic rings. The smallest absolute Gasteiger partial charge is 0.314 e. The largest absolute Gasteiger partial charge is 0.481 e. The fourth-order valence-electron chi connectivity index (χ4n) is 4.40. The molecular weight excluding hydrogens is 481 g/mol. The first-order valence-electron chi connectivity index (χ1n) is 11.5. The van der Waals surface area contributed by atoms with Crippen LogP contribution in [0.2, 0.25) is 0 Å². The van der Waals surface area contributed by atoms with Crippen LogP contribution in [-0.4, -0.2) is 17.8 Å². The number of carboxylic acids is 1. The second-order valence-corrected chi connectivity index (χ2v) is 11.0. The van der Waals surface area contributed by atoms with Crippen molar-refractivity contribution in [3.63, 3.8) is 0 Å². The van der Waals surface area contributed by atoms with Gasteiger partial charge < -0.3 is 15.2 Å². The molecule has 4 nitrogen and oxygen atoms in total. The van der Waals surface area contributed by atoms with E-state index in [1.165, 1.54) is 16.5 Å². The third kappa shape index (κ3) is 4.76. The van der Waals surface area contributed by atoms with E-state index in [1.54, 1.807) is 11.3 Å². The Morgan fingerprint density at radius 2 is 1.71 bits per heavy atom. The maximum atomic E-state index is 14.2. The molecule has 2 aromatic carbocycles. The Balaban J connectivity index is 1.27. The predicted octanol–water partition coefficient (Wildman–Crippen LogP) is 7.85. The minimum absolute atomic E-state index is 0.0448. The van der Waals surface area contributed by atoms with E-state index >= 15 is 0 Å². The number of aliphatic carboxylic acids is 1. The summed E-state index contributed by atoms with van der Waals surface area (Å²) in [5, 5.41) is 14.5. The molecule has 180 valence electrons. The minimum atomic E-state index is -0.747. The molecule has 1 saturated carbocycles. The van der Waals surface area contributed by atoms with E-state index in [0.29, 0.717) is 18.5 Å². The van der Waals surface area contributed by atoms with Gasteiger partial charge in [-0.15, -0.1) is 22.7 Å². The molecule has 5 rings (SSSR count). The number of thiophene rings is 2. The maximum absolute atomic E-state index is 14.2. The number of carboxylic acid groups (broad SMARTS) is 1. The number of halogens is 1. The Morgan fingerprint density at radius 3 is 2.29 bits per heavy atom. The molecule has 1 unspecified atom stereocenters. The number of aryl methyl sites for hydroxylation is 1.